The van der Waals surface area contributed by atoms with Crippen molar-refractivity contribution in [1.29, 1.82) is 0 Å². The largest absolute Gasteiger partial charge is 0.281 e. The highest BCUT2D eigenvalue weighted by Crippen LogP contribution is 2.36. The lowest BCUT2D eigenvalue weighted by Gasteiger charge is -2.21. The molecular weight excluding hydrogens is 350 g/mol. The summed E-state index contributed by atoms with van der Waals surface area (Å²) >= 11 is 0. The Morgan fingerprint density at radius 3 is 2.43 bits per heavy atom. The van der Waals surface area contributed by atoms with Gasteiger partial charge in [0, 0.05) is 28.8 Å². The zero-order valence-corrected chi connectivity index (χ0v) is 15.2. The van der Waals surface area contributed by atoms with E-state index in [4.69, 9.17) is 9.97 Å². The number of aryl methyl sites for hydroxylation is 1. The monoisotopic (exact) mass is 367 g/mol. The van der Waals surface area contributed by atoms with Crippen LogP contribution in [0.1, 0.15) is 5.69 Å². The minimum absolute atomic E-state index is 0.658. The number of fused-ring (bicyclic) bond motifs is 1. The average molecular weight is 367 g/mol. The van der Waals surface area contributed by atoms with Gasteiger partial charge in [-0.25, -0.2) is 9.97 Å². The van der Waals surface area contributed by atoms with Crippen LogP contribution in [0.5, 0.6) is 0 Å². The van der Waals surface area contributed by atoms with Crippen LogP contribution in [0.4, 0.5) is 17.5 Å². The highest BCUT2D eigenvalue weighted by Gasteiger charge is 2.21. The SMILES string of the molecule is Cc1cc(N(c2ccn[nH]2)c2nc(-c3ccccc3)nc3ccccc23)n[nH]1. The molecule has 0 aliphatic rings. The summed E-state index contributed by atoms with van der Waals surface area (Å²) in [6.45, 7) is 1.97. The molecule has 2 aromatic carbocycles. The molecule has 0 radical (unpaired) electrons. The lowest BCUT2D eigenvalue weighted by molar-refractivity contribution is 0.998. The van der Waals surface area contributed by atoms with Crippen molar-refractivity contribution in [2.24, 2.45) is 0 Å². The van der Waals surface area contributed by atoms with E-state index in [1.54, 1.807) is 6.20 Å². The first kappa shape index (κ1) is 16.2. The van der Waals surface area contributed by atoms with E-state index in [-0.39, 0.29) is 0 Å². The van der Waals surface area contributed by atoms with Gasteiger partial charge >= 0.3 is 0 Å². The van der Waals surface area contributed by atoms with Crippen LogP contribution in [0, 0.1) is 6.92 Å². The average Bonchev–Trinajstić information content (AvgIpc) is 3.41. The Hall–Kier alpha value is -4.00. The van der Waals surface area contributed by atoms with Crippen molar-refractivity contribution >= 4 is 28.4 Å². The van der Waals surface area contributed by atoms with Crippen molar-refractivity contribution < 1.29 is 0 Å². The molecule has 0 saturated carbocycles. The van der Waals surface area contributed by atoms with Gasteiger partial charge in [0.05, 0.1) is 11.7 Å². The van der Waals surface area contributed by atoms with Gasteiger partial charge in [0.15, 0.2) is 17.5 Å². The lowest BCUT2D eigenvalue weighted by Crippen LogP contribution is -2.14. The Bertz CT molecular complexity index is 1230. The van der Waals surface area contributed by atoms with Crippen LogP contribution in [-0.4, -0.2) is 30.4 Å². The van der Waals surface area contributed by atoms with Crippen molar-refractivity contribution in [2.45, 2.75) is 6.92 Å². The quantitative estimate of drug-likeness (QED) is 0.488. The third-order valence-corrected chi connectivity index (χ3v) is 4.48. The Kier molecular flexibility index (Phi) is 3.83. The molecule has 7 nitrogen and oxygen atoms in total. The maximum atomic E-state index is 4.93. The highest BCUT2D eigenvalue weighted by molar-refractivity contribution is 5.95. The molecule has 3 heterocycles. The summed E-state index contributed by atoms with van der Waals surface area (Å²) < 4.78 is 0. The highest BCUT2D eigenvalue weighted by atomic mass is 15.4. The topological polar surface area (TPSA) is 86.4 Å². The molecule has 2 N–H and O–H groups in total. The van der Waals surface area contributed by atoms with Gasteiger partial charge in [-0.3, -0.25) is 15.1 Å². The van der Waals surface area contributed by atoms with Gasteiger partial charge in [0.1, 0.15) is 5.82 Å². The van der Waals surface area contributed by atoms with Gasteiger partial charge in [-0.05, 0) is 19.1 Å². The number of aromatic amines is 2. The smallest absolute Gasteiger partial charge is 0.162 e. The number of hydrogen-bond donors (Lipinski definition) is 2. The fourth-order valence-electron chi connectivity index (χ4n) is 3.18. The fraction of sp³-hybridized carbons (Fsp3) is 0.0476. The van der Waals surface area contributed by atoms with E-state index >= 15 is 0 Å². The van der Waals surface area contributed by atoms with E-state index in [2.05, 4.69) is 20.4 Å². The van der Waals surface area contributed by atoms with Crippen molar-refractivity contribution in [2.75, 3.05) is 4.90 Å². The summed E-state index contributed by atoms with van der Waals surface area (Å²) in [5, 5.41) is 15.5. The van der Waals surface area contributed by atoms with Crippen molar-refractivity contribution in [3.05, 3.63) is 78.6 Å². The molecule has 0 saturated heterocycles. The zero-order chi connectivity index (χ0) is 18.9. The van der Waals surface area contributed by atoms with Gasteiger partial charge in [0.2, 0.25) is 0 Å². The number of para-hydroxylation sites is 1. The predicted molar refractivity (Wildman–Crippen MR) is 109 cm³/mol. The van der Waals surface area contributed by atoms with E-state index in [0.29, 0.717) is 5.82 Å². The number of anilines is 3. The Labute approximate surface area is 161 Å². The minimum Gasteiger partial charge on any atom is -0.281 e. The number of nitrogens with one attached hydrogen (secondary N) is 2. The number of rotatable bonds is 4. The van der Waals surface area contributed by atoms with Crippen LogP contribution in [0.2, 0.25) is 0 Å². The number of benzene rings is 2. The van der Waals surface area contributed by atoms with Gasteiger partial charge in [-0.15, -0.1) is 0 Å². The molecule has 5 rings (SSSR count). The molecule has 0 unspecified atom stereocenters. The molecule has 0 bridgehead atoms. The molecule has 0 aliphatic carbocycles. The lowest BCUT2D eigenvalue weighted by atomic mass is 10.1. The second kappa shape index (κ2) is 6.62. The van der Waals surface area contributed by atoms with Crippen LogP contribution < -0.4 is 4.90 Å². The summed E-state index contributed by atoms with van der Waals surface area (Å²) in [5.74, 6) is 2.89. The van der Waals surface area contributed by atoms with E-state index in [0.717, 1.165) is 39.6 Å². The number of aromatic nitrogens is 6. The molecule has 7 heteroatoms. The molecule has 0 amide bonds. The van der Waals surface area contributed by atoms with E-state index in [1.165, 1.54) is 0 Å². The van der Waals surface area contributed by atoms with Crippen LogP contribution in [0.25, 0.3) is 22.3 Å². The molecule has 5 aromatic rings. The minimum atomic E-state index is 0.658. The second-order valence-electron chi connectivity index (χ2n) is 6.44. The molecule has 136 valence electrons. The third-order valence-electron chi connectivity index (χ3n) is 4.48. The van der Waals surface area contributed by atoms with Gasteiger partial charge in [-0.2, -0.15) is 10.2 Å². The normalized spacial score (nSPS) is 11.0. The number of H-pyrrole nitrogens is 2. The summed E-state index contributed by atoms with van der Waals surface area (Å²) in [7, 11) is 0. The van der Waals surface area contributed by atoms with Crippen LogP contribution >= 0.6 is 0 Å². The number of hydrogen-bond acceptors (Lipinski definition) is 5. The second-order valence-corrected chi connectivity index (χ2v) is 6.44. The Morgan fingerprint density at radius 1 is 0.857 bits per heavy atom. The fourth-order valence-corrected chi connectivity index (χ4v) is 3.18. The molecule has 0 atom stereocenters. The third kappa shape index (κ3) is 2.79. The maximum Gasteiger partial charge on any atom is 0.162 e. The summed E-state index contributed by atoms with van der Waals surface area (Å²) in [6.07, 6.45) is 1.71. The number of nitrogens with zero attached hydrogens (tertiary/aromatic N) is 5. The Morgan fingerprint density at radius 2 is 1.68 bits per heavy atom. The van der Waals surface area contributed by atoms with Gasteiger partial charge in [0.25, 0.3) is 0 Å². The summed E-state index contributed by atoms with van der Waals surface area (Å²) in [6, 6.07) is 21.8. The maximum absolute atomic E-state index is 4.93. The summed E-state index contributed by atoms with van der Waals surface area (Å²) in [5.41, 5.74) is 2.78. The van der Waals surface area contributed by atoms with Crippen LogP contribution in [-0.2, 0) is 0 Å². The molecule has 3 aromatic heterocycles. The standard InChI is InChI=1S/C21H17N7/c1-14-13-19(27-25-14)28(18-11-12-22-26-18)21-16-9-5-6-10-17(16)23-20(24-21)15-7-3-2-4-8-15/h2-13H,1H3,(H,22,26)(H,25,27). The van der Waals surface area contributed by atoms with E-state index in [9.17, 15) is 0 Å². The van der Waals surface area contributed by atoms with E-state index in [1.807, 2.05) is 78.6 Å². The van der Waals surface area contributed by atoms with Crippen molar-refractivity contribution in [1.82, 2.24) is 30.4 Å². The molecule has 28 heavy (non-hydrogen) atoms. The van der Waals surface area contributed by atoms with E-state index < -0.39 is 0 Å². The van der Waals surface area contributed by atoms with Gasteiger partial charge < -0.3 is 0 Å². The first-order valence-electron chi connectivity index (χ1n) is 8.93. The Balaban J connectivity index is 1.80. The van der Waals surface area contributed by atoms with Gasteiger partial charge in [-0.1, -0.05) is 42.5 Å². The predicted octanol–water partition coefficient (Wildman–Crippen LogP) is 4.52. The first-order chi connectivity index (χ1) is 13.8. The van der Waals surface area contributed by atoms with Crippen molar-refractivity contribution in [3.8, 4) is 11.4 Å². The summed E-state index contributed by atoms with van der Waals surface area (Å²) in [4.78, 5) is 11.7. The molecule has 0 fully saturated rings. The van der Waals surface area contributed by atoms with Crippen LogP contribution in [0.15, 0.2) is 72.9 Å². The molecule has 0 aliphatic heterocycles. The van der Waals surface area contributed by atoms with Crippen LogP contribution in [0.3, 0.4) is 0 Å². The molecule has 0 spiro atoms. The zero-order valence-electron chi connectivity index (χ0n) is 15.2. The molecular formula is C21H17N7. The first-order valence-corrected chi connectivity index (χ1v) is 8.93. The van der Waals surface area contributed by atoms with Crippen molar-refractivity contribution in [3.63, 3.8) is 0 Å².